The molecule has 0 saturated carbocycles. The third kappa shape index (κ3) is 3.55. The van der Waals surface area contributed by atoms with E-state index >= 15 is 0 Å². The van der Waals surface area contributed by atoms with E-state index in [2.05, 4.69) is 21.2 Å². The number of non-ortho nitro benzene ring substituents is 1. The quantitative estimate of drug-likeness (QED) is 0.612. The van der Waals surface area contributed by atoms with Crippen molar-refractivity contribution >= 4 is 27.5 Å². The van der Waals surface area contributed by atoms with Crippen molar-refractivity contribution in [1.82, 2.24) is 5.32 Å². The van der Waals surface area contributed by atoms with Crippen molar-refractivity contribution in [3.8, 4) is 0 Å². The van der Waals surface area contributed by atoms with Crippen LogP contribution in [0.2, 0.25) is 0 Å². The van der Waals surface area contributed by atoms with Crippen LogP contribution in [-0.4, -0.2) is 28.1 Å². The second kappa shape index (κ2) is 6.81. The molecule has 0 aromatic heterocycles. The van der Waals surface area contributed by atoms with Gasteiger partial charge in [0.2, 0.25) is 0 Å². The molecule has 0 atom stereocenters. The zero-order valence-corrected chi connectivity index (χ0v) is 12.9. The molecule has 7 heteroatoms. The van der Waals surface area contributed by atoms with E-state index in [0.29, 0.717) is 17.3 Å². The maximum Gasteiger partial charge on any atom is 0.270 e. The van der Waals surface area contributed by atoms with Crippen LogP contribution in [-0.2, 0) is 0 Å². The molecule has 0 spiro atoms. The van der Waals surface area contributed by atoms with E-state index in [4.69, 9.17) is 0 Å². The van der Waals surface area contributed by atoms with Gasteiger partial charge in [-0.15, -0.1) is 0 Å². The number of halogens is 1. The molecule has 1 aromatic carbocycles. The van der Waals surface area contributed by atoms with Gasteiger partial charge in [-0.25, -0.2) is 0 Å². The number of nitrogens with one attached hydrogen (secondary N) is 1. The Balaban J connectivity index is 3.08. The van der Waals surface area contributed by atoms with Crippen LogP contribution >= 0.6 is 15.9 Å². The van der Waals surface area contributed by atoms with Crippen LogP contribution in [0.3, 0.4) is 0 Å². The van der Waals surface area contributed by atoms with Crippen LogP contribution in [0.15, 0.2) is 22.7 Å². The minimum Gasteiger partial charge on any atom is -0.394 e. The van der Waals surface area contributed by atoms with Gasteiger partial charge in [0.1, 0.15) is 0 Å². The summed E-state index contributed by atoms with van der Waals surface area (Å²) >= 11 is 3.21. The van der Waals surface area contributed by atoms with Crippen molar-refractivity contribution in [2.75, 3.05) is 6.61 Å². The summed E-state index contributed by atoms with van der Waals surface area (Å²) in [5, 5.41) is 23.0. The van der Waals surface area contributed by atoms with Crippen molar-refractivity contribution in [3.63, 3.8) is 0 Å². The van der Waals surface area contributed by atoms with Crippen molar-refractivity contribution < 1.29 is 14.8 Å². The molecular weight excluding hydrogens is 328 g/mol. The van der Waals surface area contributed by atoms with Crippen molar-refractivity contribution in [2.24, 2.45) is 0 Å². The molecule has 1 rings (SSSR count). The number of aliphatic hydroxyl groups is 1. The number of carbonyl (C=O) groups excluding carboxylic acids is 1. The van der Waals surface area contributed by atoms with Crippen LogP contribution in [0.25, 0.3) is 0 Å². The van der Waals surface area contributed by atoms with E-state index in [1.807, 2.05) is 13.8 Å². The molecule has 1 aromatic rings. The zero-order chi connectivity index (χ0) is 15.3. The molecule has 0 radical (unpaired) electrons. The van der Waals surface area contributed by atoms with Crippen LogP contribution in [0, 0.1) is 10.1 Å². The Labute approximate surface area is 125 Å². The summed E-state index contributed by atoms with van der Waals surface area (Å²) in [6.45, 7) is 3.54. The van der Waals surface area contributed by atoms with Crippen molar-refractivity contribution in [2.45, 2.75) is 32.2 Å². The maximum atomic E-state index is 12.3. The summed E-state index contributed by atoms with van der Waals surface area (Å²) in [4.78, 5) is 22.5. The summed E-state index contributed by atoms with van der Waals surface area (Å²) in [7, 11) is 0. The van der Waals surface area contributed by atoms with Gasteiger partial charge in [0.15, 0.2) is 0 Å². The summed E-state index contributed by atoms with van der Waals surface area (Å²) < 4.78 is 0.472. The number of carbonyl (C=O) groups is 1. The van der Waals surface area contributed by atoms with Gasteiger partial charge >= 0.3 is 0 Å². The van der Waals surface area contributed by atoms with Crippen LogP contribution in [0.4, 0.5) is 5.69 Å². The molecule has 0 aliphatic rings. The van der Waals surface area contributed by atoms with Crippen molar-refractivity contribution in [1.29, 1.82) is 0 Å². The molecule has 0 unspecified atom stereocenters. The molecule has 20 heavy (non-hydrogen) atoms. The normalized spacial score (nSPS) is 11.2. The van der Waals surface area contributed by atoms with Gasteiger partial charge in [0, 0.05) is 16.6 Å². The van der Waals surface area contributed by atoms with Gasteiger partial charge in [-0.2, -0.15) is 0 Å². The third-order valence-electron chi connectivity index (χ3n) is 3.44. The number of hydrogen-bond donors (Lipinski definition) is 2. The minimum atomic E-state index is -0.707. The number of benzene rings is 1. The Kier molecular flexibility index (Phi) is 5.64. The molecule has 2 N–H and O–H groups in total. The minimum absolute atomic E-state index is 0.152. The highest BCUT2D eigenvalue weighted by Gasteiger charge is 2.28. The highest BCUT2D eigenvalue weighted by Crippen LogP contribution is 2.24. The molecule has 0 fully saturated rings. The first-order valence-electron chi connectivity index (χ1n) is 6.26. The van der Waals surface area contributed by atoms with Gasteiger partial charge < -0.3 is 10.4 Å². The lowest BCUT2D eigenvalue weighted by Gasteiger charge is -2.30. The Bertz CT molecular complexity index is 507. The summed E-state index contributed by atoms with van der Waals surface area (Å²) in [6.07, 6.45) is 1.14. The highest BCUT2D eigenvalue weighted by atomic mass is 79.9. The number of hydrogen-bond acceptors (Lipinski definition) is 4. The lowest BCUT2D eigenvalue weighted by atomic mass is 9.93. The standard InChI is InChI=1S/C13H17BrN2O4/c1-3-13(4-2,8-17)15-12(18)10-7-9(16(19)20)5-6-11(10)14/h5-7,17H,3-4,8H2,1-2H3,(H,15,18). The summed E-state index contributed by atoms with van der Waals surface area (Å²) in [6, 6.07) is 4.00. The topological polar surface area (TPSA) is 92.5 Å². The zero-order valence-electron chi connectivity index (χ0n) is 11.4. The maximum absolute atomic E-state index is 12.3. The lowest BCUT2D eigenvalue weighted by molar-refractivity contribution is -0.384. The van der Waals surface area contributed by atoms with Crippen LogP contribution in [0.1, 0.15) is 37.0 Å². The molecule has 0 saturated heterocycles. The number of nitro groups is 1. The Morgan fingerprint density at radius 2 is 2.05 bits per heavy atom. The van der Waals surface area contributed by atoms with Crippen LogP contribution < -0.4 is 5.32 Å². The van der Waals surface area contributed by atoms with Crippen LogP contribution in [0.5, 0.6) is 0 Å². The van der Waals surface area contributed by atoms with E-state index in [1.54, 1.807) is 0 Å². The van der Waals surface area contributed by atoms with E-state index in [1.165, 1.54) is 18.2 Å². The van der Waals surface area contributed by atoms with Gasteiger partial charge in [-0.1, -0.05) is 13.8 Å². The fourth-order valence-corrected chi connectivity index (χ4v) is 2.23. The largest absolute Gasteiger partial charge is 0.394 e. The molecule has 1 amide bonds. The van der Waals surface area contributed by atoms with Gasteiger partial charge in [-0.05, 0) is 34.8 Å². The fourth-order valence-electron chi connectivity index (χ4n) is 1.80. The Hall–Kier alpha value is -1.47. The first-order valence-corrected chi connectivity index (χ1v) is 7.05. The number of nitrogens with zero attached hydrogens (tertiary/aromatic N) is 1. The number of nitro benzene ring substituents is 1. The number of amides is 1. The van der Waals surface area contributed by atoms with Gasteiger partial charge in [0.05, 0.1) is 22.6 Å². The fraction of sp³-hybridized carbons (Fsp3) is 0.462. The predicted octanol–water partition coefficient (Wildman–Crippen LogP) is 2.64. The van der Waals surface area contributed by atoms with Gasteiger partial charge in [0.25, 0.3) is 11.6 Å². The van der Waals surface area contributed by atoms with E-state index in [-0.39, 0.29) is 17.9 Å². The molecule has 6 nitrogen and oxygen atoms in total. The second-order valence-corrected chi connectivity index (χ2v) is 5.38. The van der Waals surface area contributed by atoms with Gasteiger partial charge in [-0.3, -0.25) is 14.9 Å². The number of rotatable bonds is 6. The molecule has 110 valence electrons. The first-order chi connectivity index (χ1) is 9.39. The molecule has 0 aliphatic carbocycles. The molecule has 0 heterocycles. The predicted molar refractivity (Wildman–Crippen MR) is 78.7 cm³/mol. The van der Waals surface area contributed by atoms with Crippen molar-refractivity contribution in [3.05, 3.63) is 38.3 Å². The van der Waals surface area contributed by atoms with E-state index < -0.39 is 16.4 Å². The monoisotopic (exact) mass is 344 g/mol. The van der Waals surface area contributed by atoms with E-state index in [9.17, 15) is 20.0 Å². The first kappa shape index (κ1) is 16.6. The average molecular weight is 345 g/mol. The third-order valence-corrected chi connectivity index (χ3v) is 4.13. The molecule has 0 aliphatic heterocycles. The lowest BCUT2D eigenvalue weighted by Crippen LogP contribution is -2.50. The SMILES string of the molecule is CCC(CC)(CO)NC(=O)c1cc([N+](=O)[O-])ccc1Br. The Morgan fingerprint density at radius 1 is 1.45 bits per heavy atom. The summed E-state index contributed by atoms with van der Waals surface area (Å²) in [5.41, 5.74) is -0.680. The second-order valence-electron chi connectivity index (χ2n) is 4.52. The molecular formula is C13H17BrN2O4. The smallest absolute Gasteiger partial charge is 0.270 e. The summed E-state index contributed by atoms with van der Waals surface area (Å²) in [5.74, 6) is -0.446. The number of aliphatic hydroxyl groups excluding tert-OH is 1. The van der Waals surface area contributed by atoms with E-state index in [0.717, 1.165) is 0 Å². The highest BCUT2D eigenvalue weighted by molar-refractivity contribution is 9.10. The Morgan fingerprint density at radius 3 is 2.50 bits per heavy atom. The molecule has 0 bridgehead atoms. The average Bonchev–Trinajstić information content (AvgIpc) is 2.45.